The fourth-order valence-electron chi connectivity index (χ4n) is 9.68. The van der Waals surface area contributed by atoms with Crippen molar-refractivity contribution in [2.75, 3.05) is 50.9 Å². The summed E-state index contributed by atoms with van der Waals surface area (Å²) in [7, 11) is 0. The number of halogens is 7. The zero-order valence-electron chi connectivity index (χ0n) is 30.7. The second-order valence-electron chi connectivity index (χ2n) is 17.2. The Bertz CT molecular complexity index is 1730. The molecule has 2 aromatic rings. The van der Waals surface area contributed by atoms with Gasteiger partial charge in [-0.05, 0) is 77.2 Å². The first-order valence-corrected chi connectivity index (χ1v) is 20.2. The minimum Gasteiger partial charge on any atom is -0.378 e. The highest BCUT2D eigenvalue weighted by molar-refractivity contribution is 7.17. The van der Waals surface area contributed by atoms with Gasteiger partial charge in [-0.25, -0.2) is 9.37 Å². The van der Waals surface area contributed by atoms with Gasteiger partial charge in [-0.15, -0.1) is 11.3 Å². The zero-order chi connectivity index (χ0) is 39.0. The van der Waals surface area contributed by atoms with Crippen LogP contribution < -0.4 is 10.2 Å². The molecule has 2 amide bonds. The molecule has 2 bridgehead atoms. The van der Waals surface area contributed by atoms with E-state index in [1.807, 2.05) is 11.8 Å². The largest absolute Gasteiger partial charge is 0.403 e. The molecule has 9 nitrogen and oxygen atoms in total. The molecule has 3 saturated carbocycles. The maximum absolute atomic E-state index is 14.8. The van der Waals surface area contributed by atoms with E-state index in [0.29, 0.717) is 29.1 Å². The summed E-state index contributed by atoms with van der Waals surface area (Å²) in [5.74, 6) is -4.09. The second-order valence-corrected chi connectivity index (χ2v) is 18.0. The average molecular weight is 805 g/mol. The van der Waals surface area contributed by atoms with Crippen LogP contribution in [-0.4, -0.2) is 104 Å². The lowest BCUT2D eigenvalue weighted by Gasteiger charge is -2.51. The predicted molar refractivity (Wildman–Crippen MR) is 188 cm³/mol. The molecular weight excluding hydrogens is 757 g/mol. The molecule has 9 rings (SSSR count). The number of carbonyl (C=O) groups is 2. The Morgan fingerprint density at radius 3 is 2.35 bits per heavy atom. The second kappa shape index (κ2) is 14.3. The molecule has 55 heavy (non-hydrogen) atoms. The average Bonchev–Trinajstić information content (AvgIpc) is 3.68. The number of anilines is 1. The highest BCUT2D eigenvalue weighted by Gasteiger charge is 2.71. The van der Waals surface area contributed by atoms with E-state index in [1.165, 1.54) is 28.4 Å². The Kier molecular flexibility index (Phi) is 10.1. The van der Waals surface area contributed by atoms with Gasteiger partial charge in [0.2, 0.25) is 11.8 Å². The van der Waals surface area contributed by atoms with Crippen LogP contribution in [-0.2, 0) is 23.8 Å². The number of ether oxygens (including phenoxy) is 3. The smallest absolute Gasteiger partial charge is 0.378 e. The number of fused-ring (bicyclic) bond motifs is 4. The van der Waals surface area contributed by atoms with Crippen LogP contribution in [0.1, 0.15) is 71.1 Å². The molecule has 1 N–H and O–H groups in total. The van der Waals surface area contributed by atoms with Crippen LogP contribution in [0.25, 0.3) is 10.2 Å². The van der Waals surface area contributed by atoms with E-state index in [4.69, 9.17) is 14.2 Å². The molecule has 3 atom stereocenters. The first-order chi connectivity index (χ1) is 26.0. The summed E-state index contributed by atoms with van der Waals surface area (Å²) in [5.41, 5.74) is -0.913. The van der Waals surface area contributed by atoms with Crippen LogP contribution in [0, 0.1) is 33.9 Å². The van der Waals surface area contributed by atoms with Crippen LogP contribution in [0.3, 0.4) is 0 Å². The lowest BCUT2D eigenvalue weighted by atomic mass is 9.70. The number of alkyl halides is 6. The van der Waals surface area contributed by atoms with Gasteiger partial charge in [-0.2, -0.15) is 26.3 Å². The van der Waals surface area contributed by atoms with Crippen molar-refractivity contribution in [2.45, 2.75) is 108 Å². The minimum atomic E-state index is -4.68. The molecule has 5 heterocycles. The molecular formula is C38H47F7N4O5S. The van der Waals surface area contributed by atoms with Crippen molar-refractivity contribution in [1.82, 2.24) is 15.2 Å². The van der Waals surface area contributed by atoms with E-state index < -0.39 is 70.9 Å². The molecule has 7 fully saturated rings. The molecule has 3 aliphatic carbocycles. The fraction of sp³-hybridized carbons (Fsp3) is 0.763. The molecule has 1 aromatic heterocycles. The van der Waals surface area contributed by atoms with Crippen LogP contribution in [0.2, 0.25) is 0 Å². The van der Waals surface area contributed by atoms with Crippen molar-refractivity contribution < 1.29 is 54.5 Å². The maximum Gasteiger partial charge on any atom is 0.403 e. The van der Waals surface area contributed by atoms with E-state index in [1.54, 1.807) is 5.51 Å². The Hall–Kier alpha value is -2.76. The fourth-order valence-corrected chi connectivity index (χ4v) is 10.5. The van der Waals surface area contributed by atoms with E-state index in [0.717, 1.165) is 25.7 Å². The first kappa shape index (κ1) is 39.1. The third-order valence-corrected chi connectivity index (χ3v) is 14.4. The Morgan fingerprint density at radius 2 is 1.73 bits per heavy atom. The number of rotatable bonds is 11. The van der Waals surface area contributed by atoms with Crippen molar-refractivity contribution >= 4 is 39.1 Å². The SMILES string of the molecule is C[C@@H](OCC12CCC(CC1)OC2)[C@@H](COC1CCC(C(F)(F)F)CC1)NC(=O)[C@@H]1CN(c2cc(F)cc3ncsc23)CC12CN(C(=O)C1(C(F)(F)F)CC1)C2. The minimum absolute atomic E-state index is 0.0205. The zero-order valence-corrected chi connectivity index (χ0v) is 31.5. The molecule has 1 aromatic carbocycles. The van der Waals surface area contributed by atoms with E-state index in [2.05, 4.69) is 10.3 Å². The number of likely N-dealkylation sites (tertiary alicyclic amines) is 1. The van der Waals surface area contributed by atoms with Gasteiger partial charge in [0.1, 0.15) is 11.2 Å². The number of carbonyl (C=O) groups excluding carboxylic acids is 2. The molecule has 0 radical (unpaired) electrons. The van der Waals surface area contributed by atoms with Gasteiger partial charge < -0.3 is 29.3 Å². The summed E-state index contributed by atoms with van der Waals surface area (Å²) < 4.78 is 116. The summed E-state index contributed by atoms with van der Waals surface area (Å²) in [5, 5.41) is 3.12. The van der Waals surface area contributed by atoms with E-state index in [-0.39, 0.29) is 82.8 Å². The van der Waals surface area contributed by atoms with Crippen molar-refractivity contribution in [3.63, 3.8) is 0 Å². The van der Waals surface area contributed by atoms with E-state index in [9.17, 15) is 40.3 Å². The topological polar surface area (TPSA) is 93.2 Å². The Balaban J connectivity index is 1.01. The molecule has 304 valence electrons. The van der Waals surface area contributed by atoms with Gasteiger partial charge in [-0.3, -0.25) is 9.59 Å². The lowest BCUT2D eigenvalue weighted by Crippen LogP contribution is -2.66. The van der Waals surface area contributed by atoms with Crippen LogP contribution in [0.4, 0.5) is 36.4 Å². The molecule has 4 saturated heterocycles. The Morgan fingerprint density at radius 1 is 1.02 bits per heavy atom. The highest BCUT2D eigenvalue weighted by Crippen LogP contribution is 2.60. The maximum atomic E-state index is 14.8. The number of nitrogens with zero attached hydrogens (tertiary/aromatic N) is 3. The monoisotopic (exact) mass is 804 g/mol. The summed E-state index contributed by atoms with van der Waals surface area (Å²) in [4.78, 5) is 35.1. The summed E-state index contributed by atoms with van der Waals surface area (Å²) in [6.45, 7) is 2.95. The number of hydrogen-bond donors (Lipinski definition) is 1. The number of aromatic nitrogens is 1. The standard InChI is InChI=1S/C38H47F7N4O5S/c1-22(53-19-34-8-6-26(7-9-34)54-20-34)29(15-52-25-4-2-23(3-5-25)37(40,41)42)47-32(50)27-14-48(30-13-24(39)12-28-31(30)55-21-46-28)16-35(27)17-49(18-35)33(51)36(10-11-36)38(43,44)45/h12-13,21-23,25-27,29H,2-11,14-20H2,1H3,(H,47,50)/t22-,23?,25?,26?,27+,29-,34?/m1/s1. The van der Waals surface area contributed by atoms with E-state index >= 15 is 0 Å². The molecule has 4 aliphatic heterocycles. The van der Waals surface area contributed by atoms with Crippen molar-refractivity contribution in [3.05, 3.63) is 23.5 Å². The van der Waals surface area contributed by atoms with Gasteiger partial charge in [0.25, 0.3) is 0 Å². The molecule has 17 heteroatoms. The number of benzene rings is 1. The van der Waals surface area contributed by atoms with Gasteiger partial charge in [0.15, 0.2) is 0 Å². The van der Waals surface area contributed by atoms with Crippen LogP contribution >= 0.6 is 11.3 Å². The first-order valence-electron chi connectivity index (χ1n) is 19.4. The lowest BCUT2D eigenvalue weighted by molar-refractivity contribution is -0.205. The highest BCUT2D eigenvalue weighted by atomic mass is 32.1. The van der Waals surface area contributed by atoms with Gasteiger partial charge >= 0.3 is 12.4 Å². The van der Waals surface area contributed by atoms with Gasteiger partial charge in [0.05, 0.1) is 77.4 Å². The summed E-state index contributed by atoms with van der Waals surface area (Å²) >= 11 is 1.31. The predicted octanol–water partition coefficient (Wildman–Crippen LogP) is 7.03. The summed E-state index contributed by atoms with van der Waals surface area (Å²) in [6, 6.07) is 1.96. The van der Waals surface area contributed by atoms with Crippen molar-refractivity contribution in [3.8, 4) is 0 Å². The normalized spacial score (nSPS) is 31.1. The molecule has 0 unspecified atom stereocenters. The molecule has 1 spiro atoms. The molecule has 7 aliphatic rings. The quantitative estimate of drug-likeness (QED) is 0.244. The third-order valence-electron chi connectivity index (χ3n) is 13.5. The van der Waals surface area contributed by atoms with Crippen molar-refractivity contribution in [1.29, 1.82) is 0 Å². The van der Waals surface area contributed by atoms with Crippen LogP contribution in [0.5, 0.6) is 0 Å². The van der Waals surface area contributed by atoms with Gasteiger partial charge in [0, 0.05) is 43.1 Å². The summed E-state index contributed by atoms with van der Waals surface area (Å²) in [6.07, 6.45) is -6.03. The number of hydrogen-bond acceptors (Lipinski definition) is 8. The van der Waals surface area contributed by atoms with Gasteiger partial charge in [-0.1, -0.05) is 0 Å². The third kappa shape index (κ3) is 7.44. The number of amides is 2. The number of thiazole rings is 1. The number of nitrogens with one attached hydrogen (secondary N) is 1. The van der Waals surface area contributed by atoms with Crippen LogP contribution in [0.15, 0.2) is 17.6 Å². The Labute approximate surface area is 318 Å². The van der Waals surface area contributed by atoms with Crippen molar-refractivity contribution in [2.24, 2.45) is 28.1 Å².